The van der Waals surface area contributed by atoms with Crippen LogP contribution in [0.2, 0.25) is 0 Å². The van der Waals surface area contributed by atoms with E-state index < -0.39 is 0 Å². The number of benzene rings is 1. The fourth-order valence-corrected chi connectivity index (χ4v) is 2.45. The van der Waals surface area contributed by atoms with Crippen molar-refractivity contribution >= 4 is 5.69 Å². The van der Waals surface area contributed by atoms with Gasteiger partial charge >= 0.3 is 0 Å². The fraction of sp³-hybridized carbons (Fsp3) is 0.500. The first-order valence-corrected chi connectivity index (χ1v) is 6.42. The van der Waals surface area contributed by atoms with Gasteiger partial charge < -0.3 is 10.2 Å². The Balaban J connectivity index is 2.18. The summed E-state index contributed by atoms with van der Waals surface area (Å²) in [4.78, 5) is 2.14. The molecule has 3 nitrogen and oxygen atoms in total. The van der Waals surface area contributed by atoms with Gasteiger partial charge in [0, 0.05) is 19.1 Å². The van der Waals surface area contributed by atoms with Gasteiger partial charge in [-0.15, -0.1) is 0 Å². The molecule has 2 rings (SSSR count). The standard InChI is InChI=1S/C14H18FN3/c1-2-18(10-13-4-3-7-17-13)14-6-5-12(15)8-11(14)9-16/h5-6,8,13,17H,2-4,7,10H2,1H3. The Morgan fingerprint density at radius 2 is 2.39 bits per heavy atom. The van der Waals surface area contributed by atoms with Crippen molar-refractivity contribution in [3.8, 4) is 6.07 Å². The Kier molecular flexibility index (Phi) is 4.16. The SMILES string of the molecule is CCN(CC1CCCN1)c1ccc(F)cc1C#N. The minimum atomic E-state index is -0.356. The molecule has 0 bridgehead atoms. The lowest BCUT2D eigenvalue weighted by atomic mass is 10.1. The van der Waals surface area contributed by atoms with Gasteiger partial charge in [-0.05, 0) is 44.5 Å². The molecule has 1 fully saturated rings. The second kappa shape index (κ2) is 5.83. The molecule has 1 saturated heterocycles. The largest absolute Gasteiger partial charge is 0.369 e. The van der Waals surface area contributed by atoms with Crippen molar-refractivity contribution in [2.45, 2.75) is 25.8 Å². The fourth-order valence-electron chi connectivity index (χ4n) is 2.45. The third kappa shape index (κ3) is 2.80. The molecule has 0 radical (unpaired) electrons. The number of halogens is 1. The molecule has 1 aliphatic heterocycles. The van der Waals surface area contributed by atoms with Crippen LogP contribution in [0.4, 0.5) is 10.1 Å². The second-order valence-corrected chi connectivity index (χ2v) is 4.61. The first-order valence-electron chi connectivity index (χ1n) is 6.42. The molecule has 0 aliphatic carbocycles. The molecule has 1 aromatic carbocycles. The van der Waals surface area contributed by atoms with Crippen LogP contribution in [0.25, 0.3) is 0 Å². The molecule has 0 amide bonds. The van der Waals surface area contributed by atoms with Gasteiger partial charge in [-0.3, -0.25) is 0 Å². The lowest BCUT2D eigenvalue weighted by Crippen LogP contribution is -2.37. The summed E-state index contributed by atoms with van der Waals surface area (Å²) in [6.45, 7) is 4.81. The molecule has 0 saturated carbocycles. The van der Waals surface area contributed by atoms with E-state index in [2.05, 4.69) is 23.2 Å². The zero-order valence-electron chi connectivity index (χ0n) is 10.6. The number of likely N-dealkylation sites (N-methyl/N-ethyl adjacent to an activating group) is 1. The second-order valence-electron chi connectivity index (χ2n) is 4.61. The van der Waals surface area contributed by atoms with Gasteiger partial charge in [-0.1, -0.05) is 0 Å². The van der Waals surface area contributed by atoms with Gasteiger partial charge in [-0.25, -0.2) is 4.39 Å². The van der Waals surface area contributed by atoms with Gasteiger partial charge in [0.1, 0.15) is 11.9 Å². The highest BCUT2D eigenvalue weighted by Crippen LogP contribution is 2.22. The Morgan fingerprint density at radius 1 is 1.56 bits per heavy atom. The van der Waals surface area contributed by atoms with Crippen LogP contribution in [0.15, 0.2) is 18.2 Å². The Bertz CT molecular complexity index is 447. The molecule has 1 aromatic rings. The highest BCUT2D eigenvalue weighted by molar-refractivity contribution is 5.59. The van der Waals surface area contributed by atoms with Gasteiger partial charge in [0.15, 0.2) is 0 Å². The van der Waals surface area contributed by atoms with E-state index >= 15 is 0 Å². The van der Waals surface area contributed by atoms with Crippen LogP contribution in [-0.2, 0) is 0 Å². The first-order chi connectivity index (χ1) is 8.74. The highest BCUT2D eigenvalue weighted by Gasteiger charge is 2.19. The number of rotatable bonds is 4. The van der Waals surface area contributed by atoms with E-state index in [4.69, 9.17) is 5.26 Å². The lowest BCUT2D eigenvalue weighted by Gasteiger charge is -2.27. The quantitative estimate of drug-likeness (QED) is 0.887. The Morgan fingerprint density at radius 3 is 3.00 bits per heavy atom. The van der Waals surface area contributed by atoms with Crippen molar-refractivity contribution in [1.82, 2.24) is 5.32 Å². The summed E-state index contributed by atoms with van der Waals surface area (Å²) in [5.74, 6) is -0.356. The maximum atomic E-state index is 13.1. The summed E-state index contributed by atoms with van der Waals surface area (Å²) in [5, 5.41) is 12.5. The van der Waals surface area contributed by atoms with Crippen molar-refractivity contribution in [2.24, 2.45) is 0 Å². The monoisotopic (exact) mass is 247 g/mol. The predicted molar refractivity (Wildman–Crippen MR) is 70.0 cm³/mol. The summed E-state index contributed by atoms with van der Waals surface area (Å²) in [6, 6.07) is 6.97. The average molecular weight is 247 g/mol. The van der Waals surface area contributed by atoms with E-state index in [1.165, 1.54) is 25.0 Å². The molecule has 0 aromatic heterocycles. The maximum Gasteiger partial charge on any atom is 0.124 e. The molecule has 1 N–H and O–H groups in total. The highest BCUT2D eigenvalue weighted by atomic mass is 19.1. The minimum Gasteiger partial charge on any atom is -0.369 e. The van der Waals surface area contributed by atoms with Gasteiger partial charge in [0.05, 0.1) is 11.3 Å². The molecule has 0 spiro atoms. The number of hydrogen-bond donors (Lipinski definition) is 1. The third-order valence-electron chi connectivity index (χ3n) is 3.40. The molecular weight excluding hydrogens is 229 g/mol. The smallest absolute Gasteiger partial charge is 0.124 e. The molecular formula is C14H18FN3. The van der Waals surface area contributed by atoms with Crippen molar-refractivity contribution in [3.63, 3.8) is 0 Å². The van der Waals surface area contributed by atoms with Crippen LogP contribution in [0.5, 0.6) is 0 Å². The zero-order chi connectivity index (χ0) is 13.0. The van der Waals surface area contributed by atoms with Crippen molar-refractivity contribution < 1.29 is 4.39 Å². The van der Waals surface area contributed by atoms with Crippen LogP contribution >= 0.6 is 0 Å². The van der Waals surface area contributed by atoms with Crippen LogP contribution in [0.3, 0.4) is 0 Å². The van der Waals surface area contributed by atoms with E-state index in [9.17, 15) is 4.39 Å². The number of nitriles is 1. The third-order valence-corrected chi connectivity index (χ3v) is 3.40. The van der Waals surface area contributed by atoms with E-state index in [1.54, 1.807) is 6.07 Å². The van der Waals surface area contributed by atoms with Gasteiger partial charge in [0.25, 0.3) is 0 Å². The molecule has 1 aliphatic rings. The van der Waals surface area contributed by atoms with Crippen molar-refractivity contribution in [2.75, 3.05) is 24.5 Å². The number of nitrogens with zero attached hydrogens (tertiary/aromatic N) is 2. The Labute approximate surface area is 107 Å². The number of nitrogens with one attached hydrogen (secondary N) is 1. The lowest BCUT2D eigenvalue weighted by molar-refractivity contribution is 0.585. The molecule has 1 unspecified atom stereocenters. The van der Waals surface area contributed by atoms with Crippen LogP contribution in [-0.4, -0.2) is 25.7 Å². The predicted octanol–water partition coefficient (Wildman–Crippen LogP) is 2.28. The van der Waals surface area contributed by atoms with Crippen LogP contribution in [0.1, 0.15) is 25.3 Å². The normalized spacial score (nSPS) is 18.6. The van der Waals surface area contributed by atoms with Crippen LogP contribution in [0, 0.1) is 17.1 Å². The summed E-state index contributed by atoms with van der Waals surface area (Å²) in [5.41, 5.74) is 1.24. The summed E-state index contributed by atoms with van der Waals surface area (Å²) < 4.78 is 13.1. The molecule has 1 atom stereocenters. The molecule has 18 heavy (non-hydrogen) atoms. The number of anilines is 1. The summed E-state index contributed by atoms with van der Waals surface area (Å²) >= 11 is 0. The van der Waals surface area contributed by atoms with Crippen molar-refractivity contribution in [1.29, 1.82) is 5.26 Å². The molecule has 96 valence electrons. The van der Waals surface area contributed by atoms with E-state index in [0.29, 0.717) is 11.6 Å². The topological polar surface area (TPSA) is 39.1 Å². The maximum absolute atomic E-state index is 13.1. The summed E-state index contributed by atoms with van der Waals surface area (Å²) in [6.07, 6.45) is 2.37. The summed E-state index contributed by atoms with van der Waals surface area (Å²) in [7, 11) is 0. The molecule has 1 heterocycles. The van der Waals surface area contributed by atoms with E-state index in [-0.39, 0.29) is 5.82 Å². The first kappa shape index (κ1) is 12.8. The van der Waals surface area contributed by atoms with E-state index in [0.717, 1.165) is 25.3 Å². The molecule has 4 heteroatoms. The zero-order valence-corrected chi connectivity index (χ0v) is 10.6. The van der Waals surface area contributed by atoms with Gasteiger partial charge in [-0.2, -0.15) is 5.26 Å². The van der Waals surface area contributed by atoms with Gasteiger partial charge in [0.2, 0.25) is 0 Å². The Hall–Kier alpha value is -1.60. The number of hydrogen-bond acceptors (Lipinski definition) is 3. The minimum absolute atomic E-state index is 0.356. The van der Waals surface area contributed by atoms with Crippen molar-refractivity contribution in [3.05, 3.63) is 29.6 Å². The van der Waals surface area contributed by atoms with Crippen LogP contribution < -0.4 is 10.2 Å². The average Bonchev–Trinajstić information content (AvgIpc) is 2.89. The van der Waals surface area contributed by atoms with E-state index in [1.807, 2.05) is 0 Å².